The van der Waals surface area contributed by atoms with Gasteiger partial charge in [0.05, 0.1) is 30.3 Å². The monoisotopic (exact) mass is 621 g/mol. The number of fused-ring (bicyclic) bond motifs is 1. The maximum atomic E-state index is 13.3. The molecule has 1 atom stereocenters. The second-order valence-corrected chi connectivity index (χ2v) is 9.69. The Kier molecular flexibility index (Phi) is 10.1. The van der Waals surface area contributed by atoms with Crippen LogP contribution in [0.1, 0.15) is 51.9 Å². The maximum Gasteiger partial charge on any atom is 0.347 e. The van der Waals surface area contributed by atoms with E-state index in [9.17, 15) is 9.59 Å². The molecule has 2 aromatic carbocycles. The van der Waals surface area contributed by atoms with E-state index in [0.717, 1.165) is 17.3 Å². The minimum absolute atomic E-state index is 0.243. The van der Waals surface area contributed by atoms with Crippen molar-refractivity contribution >= 4 is 54.9 Å². The Balaban J connectivity index is 2.03. The zero-order valence-corrected chi connectivity index (χ0v) is 23.9. The molecule has 0 unspecified atom stereocenters. The lowest BCUT2D eigenvalue weighted by molar-refractivity contribution is -0.150. The number of unbranched alkanes of at least 4 members (excludes halogenated alkanes) is 1. The predicted octanol–water partition coefficient (Wildman–Crippen LogP) is 5.88. The first-order valence-corrected chi connectivity index (χ1v) is 13.4. The van der Waals surface area contributed by atoms with E-state index in [1.165, 1.54) is 4.68 Å². The Hall–Kier alpha value is -2.72. The van der Waals surface area contributed by atoms with Crippen molar-refractivity contribution in [2.75, 3.05) is 13.2 Å². The van der Waals surface area contributed by atoms with Gasteiger partial charge in [-0.1, -0.05) is 29.3 Å². The SMILES string of the molecule is CCCCc1nc2ccc(Br)cc2c(=O)n1N=Cc1cc(OCC)c(O[C@H](C)C(=O)OCC)cc1Br. The first-order valence-electron chi connectivity index (χ1n) is 11.8. The zero-order chi connectivity index (χ0) is 26.2. The summed E-state index contributed by atoms with van der Waals surface area (Å²) >= 11 is 6.97. The van der Waals surface area contributed by atoms with Crippen molar-refractivity contribution in [2.45, 2.75) is 53.1 Å². The average Bonchev–Trinajstić information content (AvgIpc) is 2.85. The van der Waals surface area contributed by atoms with Crippen LogP contribution in [0.2, 0.25) is 0 Å². The van der Waals surface area contributed by atoms with Crippen molar-refractivity contribution < 1.29 is 19.0 Å². The average molecular weight is 623 g/mol. The lowest BCUT2D eigenvalue weighted by Crippen LogP contribution is -2.26. The molecule has 0 saturated heterocycles. The van der Waals surface area contributed by atoms with E-state index in [4.69, 9.17) is 19.2 Å². The molecule has 0 N–H and O–H groups in total. The fraction of sp³-hybridized carbons (Fsp3) is 0.385. The van der Waals surface area contributed by atoms with Gasteiger partial charge >= 0.3 is 5.97 Å². The molecule has 1 heterocycles. The number of hydrogen-bond donors (Lipinski definition) is 0. The third-order valence-electron chi connectivity index (χ3n) is 5.23. The molecular formula is C26H29Br2N3O5. The molecule has 0 radical (unpaired) electrons. The van der Waals surface area contributed by atoms with E-state index in [-0.39, 0.29) is 12.2 Å². The summed E-state index contributed by atoms with van der Waals surface area (Å²) in [5.74, 6) is 0.963. The predicted molar refractivity (Wildman–Crippen MR) is 147 cm³/mol. The fourth-order valence-corrected chi connectivity index (χ4v) is 4.22. The molecule has 0 saturated carbocycles. The fourth-order valence-electron chi connectivity index (χ4n) is 3.44. The van der Waals surface area contributed by atoms with E-state index in [1.807, 2.05) is 19.1 Å². The second kappa shape index (κ2) is 13.0. The summed E-state index contributed by atoms with van der Waals surface area (Å²) in [6.07, 6.45) is 3.24. The molecule has 8 nitrogen and oxygen atoms in total. The van der Waals surface area contributed by atoms with Gasteiger partial charge in [-0.15, -0.1) is 0 Å². The summed E-state index contributed by atoms with van der Waals surface area (Å²) in [6.45, 7) is 7.96. The van der Waals surface area contributed by atoms with Crippen molar-refractivity contribution in [3.05, 3.63) is 61.0 Å². The van der Waals surface area contributed by atoms with Crippen molar-refractivity contribution in [1.29, 1.82) is 0 Å². The highest BCUT2D eigenvalue weighted by molar-refractivity contribution is 9.10. The summed E-state index contributed by atoms with van der Waals surface area (Å²) in [4.78, 5) is 30.0. The molecule has 0 amide bonds. The number of hydrogen-bond acceptors (Lipinski definition) is 7. The molecule has 0 aliphatic rings. The Morgan fingerprint density at radius 3 is 2.61 bits per heavy atom. The highest BCUT2D eigenvalue weighted by Crippen LogP contribution is 2.34. The second-order valence-electron chi connectivity index (χ2n) is 7.92. The van der Waals surface area contributed by atoms with Crippen molar-refractivity contribution in [3.63, 3.8) is 0 Å². The van der Waals surface area contributed by atoms with Gasteiger partial charge in [0, 0.05) is 20.9 Å². The molecule has 0 fully saturated rings. The number of benzene rings is 2. The number of aryl methyl sites for hydroxylation is 1. The molecule has 3 rings (SSSR count). The molecule has 192 valence electrons. The van der Waals surface area contributed by atoms with Crippen LogP contribution in [-0.4, -0.2) is 41.2 Å². The lowest BCUT2D eigenvalue weighted by atomic mass is 10.2. The number of ether oxygens (including phenoxy) is 3. The topological polar surface area (TPSA) is 92.0 Å². The molecule has 36 heavy (non-hydrogen) atoms. The number of esters is 1. The molecule has 0 bridgehead atoms. The summed E-state index contributed by atoms with van der Waals surface area (Å²) in [7, 11) is 0. The summed E-state index contributed by atoms with van der Waals surface area (Å²) in [6, 6.07) is 8.89. The Morgan fingerprint density at radius 2 is 1.92 bits per heavy atom. The smallest absolute Gasteiger partial charge is 0.347 e. The van der Waals surface area contributed by atoms with E-state index < -0.39 is 12.1 Å². The molecule has 1 aromatic heterocycles. The van der Waals surface area contributed by atoms with Crippen molar-refractivity contribution in [2.24, 2.45) is 5.10 Å². The summed E-state index contributed by atoms with van der Waals surface area (Å²) in [5.41, 5.74) is 1.06. The Labute approximate surface area is 226 Å². The third-order valence-corrected chi connectivity index (χ3v) is 6.41. The van der Waals surface area contributed by atoms with Crippen LogP contribution >= 0.6 is 31.9 Å². The van der Waals surface area contributed by atoms with Crippen LogP contribution in [0.15, 0.2) is 49.2 Å². The summed E-state index contributed by atoms with van der Waals surface area (Å²) in [5, 5.41) is 4.99. The van der Waals surface area contributed by atoms with Gasteiger partial charge in [0.2, 0.25) is 0 Å². The van der Waals surface area contributed by atoms with Gasteiger partial charge in [0.15, 0.2) is 17.6 Å². The standard InChI is InChI=1S/C26H29Br2N3O5/c1-5-8-9-24-30-21-11-10-18(27)13-19(21)25(32)31(24)29-15-17-12-22(34-6-2)23(14-20(17)28)36-16(4)26(33)35-7-3/h10-16H,5-9H2,1-4H3/t16-/m1/s1. The van der Waals surface area contributed by atoms with Crippen LogP contribution in [0.3, 0.4) is 0 Å². The van der Waals surface area contributed by atoms with Crippen LogP contribution in [-0.2, 0) is 16.0 Å². The van der Waals surface area contributed by atoms with Gasteiger partial charge < -0.3 is 14.2 Å². The summed E-state index contributed by atoms with van der Waals surface area (Å²) < 4.78 is 19.4. The highest BCUT2D eigenvalue weighted by atomic mass is 79.9. The van der Waals surface area contributed by atoms with E-state index in [2.05, 4.69) is 43.9 Å². The van der Waals surface area contributed by atoms with Crippen LogP contribution in [0.25, 0.3) is 10.9 Å². The van der Waals surface area contributed by atoms with Gasteiger partial charge in [0.25, 0.3) is 5.56 Å². The van der Waals surface area contributed by atoms with E-state index >= 15 is 0 Å². The van der Waals surface area contributed by atoms with Crippen LogP contribution < -0.4 is 15.0 Å². The van der Waals surface area contributed by atoms with Gasteiger partial charge in [-0.05, 0) is 73.5 Å². The number of halogens is 2. The number of carbonyl (C=O) groups excluding carboxylic acids is 1. The van der Waals surface area contributed by atoms with Crippen molar-refractivity contribution in [1.82, 2.24) is 9.66 Å². The van der Waals surface area contributed by atoms with Gasteiger partial charge in [-0.3, -0.25) is 4.79 Å². The molecule has 0 aliphatic carbocycles. The van der Waals surface area contributed by atoms with Crippen LogP contribution in [0.5, 0.6) is 11.5 Å². The maximum absolute atomic E-state index is 13.3. The molecule has 3 aromatic rings. The van der Waals surface area contributed by atoms with Crippen LogP contribution in [0.4, 0.5) is 0 Å². The number of aromatic nitrogens is 2. The number of carbonyl (C=O) groups is 1. The zero-order valence-electron chi connectivity index (χ0n) is 20.7. The van der Waals surface area contributed by atoms with Crippen molar-refractivity contribution in [3.8, 4) is 11.5 Å². The van der Waals surface area contributed by atoms with Crippen LogP contribution in [0, 0.1) is 0 Å². The quantitative estimate of drug-likeness (QED) is 0.196. The normalized spacial score (nSPS) is 12.2. The minimum Gasteiger partial charge on any atom is -0.490 e. The number of nitrogens with zero attached hydrogens (tertiary/aromatic N) is 3. The highest BCUT2D eigenvalue weighted by Gasteiger charge is 2.19. The van der Waals surface area contributed by atoms with Gasteiger partial charge in [-0.25, -0.2) is 9.78 Å². The molecule has 0 spiro atoms. The van der Waals surface area contributed by atoms with E-state index in [1.54, 1.807) is 38.3 Å². The molecular weight excluding hydrogens is 594 g/mol. The first kappa shape index (κ1) is 27.9. The van der Waals surface area contributed by atoms with E-state index in [0.29, 0.717) is 51.3 Å². The van der Waals surface area contributed by atoms with Gasteiger partial charge in [-0.2, -0.15) is 9.78 Å². The first-order chi connectivity index (χ1) is 17.3. The molecule has 0 aliphatic heterocycles. The Bertz CT molecular complexity index is 1320. The van der Waals surface area contributed by atoms with Gasteiger partial charge in [0.1, 0.15) is 5.82 Å². The number of rotatable bonds is 11. The minimum atomic E-state index is -0.807. The lowest BCUT2D eigenvalue weighted by Gasteiger charge is -2.17. The third kappa shape index (κ3) is 6.73. The Morgan fingerprint density at radius 1 is 1.14 bits per heavy atom. The molecule has 10 heteroatoms. The largest absolute Gasteiger partial charge is 0.490 e.